The quantitative estimate of drug-likeness (QED) is 0.737. The zero-order valence-corrected chi connectivity index (χ0v) is 10.9. The smallest absolute Gasteiger partial charge is 0.123 e. The molecule has 3 heteroatoms. The summed E-state index contributed by atoms with van der Waals surface area (Å²) in [6, 6.07) is 6.94. The fourth-order valence-electron chi connectivity index (χ4n) is 1.72. The fourth-order valence-corrected chi connectivity index (χ4v) is 1.72. The lowest BCUT2D eigenvalue weighted by Crippen LogP contribution is -2.25. The minimum atomic E-state index is -0.188. The minimum Gasteiger partial charge on any atom is -0.377 e. The van der Waals surface area contributed by atoms with E-state index < -0.39 is 0 Å². The maximum Gasteiger partial charge on any atom is 0.123 e. The number of hydrogen-bond acceptors (Lipinski definition) is 2. The van der Waals surface area contributed by atoms with Crippen LogP contribution in [-0.2, 0) is 4.74 Å². The Morgan fingerprint density at radius 2 is 1.88 bits per heavy atom. The zero-order chi connectivity index (χ0) is 12.7. The Hall–Kier alpha value is -0.930. The maximum atomic E-state index is 12.8. The molecule has 0 aliphatic rings. The van der Waals surface area contributed by atoms with Gasteiger partial charge in [0.1, 0.15) is 5.82 Å². The molecule has 17 heavy (non-hydrogen) atoms. The second-order valence-electron chi connectivity index (χ2n) is 4.39. The highest BCUT2D eigenvalue weighted by Gasteiger charge is 2.08. The summed E-state index contributed by atoms with van der Waals surface area (Å²) in [7, 11) is 0. The summed E-state index contributed by atoms with van der Waals surface area (Å²) in [6.45, 7) is 7.68. The largest absolute Gasteiger partial charge is 0.377 e. The summed E-state index contributed by atoms with van der Waals surface area (Å²) in [5, 5.41) is 3.41. The molecule has 0 fully saturated rings. The van der Waals surface area contributed by atoms with Gasteiger partial charge in [-0.2, -0.15) is 0 Å². The van der Waals surface area contributed by atoms with Crippen molar-refractivity contribution in [2.24, 2.45) is 0 Å². The molecule has 1 aromatic carbocycles. The van der Waals surface area contributed by atoms with Crippen LogP contribution < -0.4 is 5.32 Å². The van der Waals surface area contributed by atoms with Gasteiger partial charge in [-0.1, -0.05) is 19.1 Å². The topological polar surface area (TPSA) is 21.3 Å². The first-order valence-electron chi connectivity index (χ1n) is 6.24. The molecule has 1 atom stereocenters. The van der Waals surface area contributed by atoms with Crippen LogP contribution >= 0.6 is 0 Å². The van der Waals surface area contributed by atoms with Crippen molar-refractivity contribution in [1.82, 2.24) is 5.32 Å². The third-order valence-corrected chi connectivity index (χ3v) is 2.62. The van der Waals surface area contributed by atoms with Gasteiger partial charge in [-0.3, -0.25) is 0 Å². The van der Waals surface area contributed by atoms with Crippen molar-refractivity contribution in [2.75, 3.05) is 13.2 Å². The van der Waals surface area contributed by atoms with E-state index in [0.29, 0.717) is 6.61 Å². The Morgan fingerprint density at radius 3 is 2.41 bits per heavy atom. The van der Waals surface area contributed by atoms with Gasteiger partial charge in [-0.05, 0) is 38.0 Å². The number of benzene rings is 1. The lowest BCUT2D eigenvalue weighted by Gasteiger charge is -2.18. The number of halogens is 1. The normalized spacial score (nSPS) is 13.0. The number of hydrogen-bond donors (Lipinski definition) is 1. The Labute approximate surface area is 103 Å². The molecule has 0 saturated carbocycles. The summed E-state index contributed by atoms with van der Waals surface area (Å²) in [4.78, 5) is 0. The highest BCUT2D eigenvalue weighted by atomic mass is 19.1. The minimum absolute atomic E-state index is 0.188. The van der Waals surface area contributed by atoms with Crippen molar-refractivity contribution < 1.29 is 9.13 Å². The van der Waals surface area contributed by atoms with E-state index in [1.54, 1.807) is 0 Å². The highest BCUT2D eigenvalue weighted by molar-refractivity contribution is 5.19. The van der Waals surface area contributed by atoms with Crippen molar-refractivity contribution in [3.63, 3.8) is 0 Å². The van der Waals surface area contributed by atoms with Crippen molar-refractivity contribution in [2.45, 2.75) is 39.3 Å². The van der Waals surface area contributed by atoms with Gasteiger partial charge < -0.3 is 10.1 Å². The molecular formula is C14H22FNO. The molecule has 0 aromatic heterocycles. The van der Waals surface area contributed by atoms with E-state index in [0.717, 1.165) is 18.5 Å². The van der Waals surface area contributed by atoms with Gasteiger partial charge in [0.2, 0.25) is 0 Å². The van der Waals surface area contributed by atoms with Gasteiger partial charge in [0, 0.05) is 12.6 Å². The van der Waals surface area contributed by atoms with E-state index >= 15 is 0 Å². The molecular weight excluding hydrogens is 217 g/mol. The third-order valence-electron chi connectivity index (χ3n) is 2.62. The van der Waals surface area contributed by atoms with Crippen LogP contribution in [-0.4, -0.2) is 19.3 Å². The van der Waals surface area contributed by atoms with E-state index in [9.17, 15) is 4.39 Å². The Balaban J connectivity index is 2.40. The molecule has 1 aromatic rings. The Morgan fingerprint density at radius 1 is 1.24 bits per heavy atom. The van der Waals surface area contributed by atoms with Crippen LogP contribution in [0.3, 0.4) is 0 Å². The number of ether oxygens (including phenoxy) is 1. The lowest BCUT2D eigenvalue weighted by atomic mass is 10.0. The molecule has 0 aliphatic carbocycles. The predicted octanol–water partition coefficient (Wildman–Crippen LogP) is 3.29. The first kappa shape index (κ1) is 14.1. The van der Waals surface area contributed by atoms with Gasteiger partial charge in [0.15, 0.2) is 0 Å². The summed E-state index contributed by atoms with van der Waals surface area (Å²) in [5.74, 6) is -0.188. The van der Waals surface area contributed by atoms with Crippen molar-refractivity contribution in [3.8, 4) is 0 Å². The lowest BCUT2D eigenvalue weighted by molar-refractivity contribution is 0.0792. The summed E-state index contributed by atoms with van der Waals surface area (Å²) in [5.41, 5.74) is 1.12. The average molecular weight is 239 g/mol. The van der Waals surface area contributed by atoms with Gasteiger partial charge in [-0.15, -0.1) is 0 Å². The first-order valence-corrected chi connectivity index (χ1v) is 6.24. The van der Waals surface area contributed by atoms with Crippen LogP contribution in [0.1, 0.15) is 38.8 Å². The van der Waals surface area contributed by atoms with Crippen molar-refractivity contribution >= 4 is 0 Å². The van der Waals surface area contributed by atoms with E-state index in [1.165, 1.54) is 12.1 Å². The molecule has 0 bridgehead atoms. The Kier molecular flexibility index (Phi) is 6.16. The summed E-state index contributed by atoms with van der Waals surface area (Å²) < 4.78 is 18.3. The second kappa shape index (κ2) is 7.41. The van der Waals surface area contributed by atoms with Crippen LogP contribution in [0.25, 0.3) is 0 Å². The SMILES string of the molecule is CCC(NCCOC(C)C)c1ccc(F)cc1. The van der Waals surface area contributed by atoms with E-state index in [1.807, 2.05) is 26.0 Å². The van der Waals surface area contributed by atoms with Crippen molar-refractivity contribution in [1.29, 1.82) is 0 Å². The molecule has 0 saturated heterocycles. The summed E-state index contributed by atoms with van der Waals surface area (Å²) in [6.07, 6.45) is 1.25. The first-order chi connectivity index (χ1) is 8.13. The molecule has 0 aliphatic heterocycles. The zero-order valence-electron chi connectivity index (χ0n) is 10.9. The third kappa shape index (κ3) is 5.29. The van der Waals surface area contributed by atoms with Gasteiger partial charge in [-0.25, -0.2) is 4.39 Å². The number of nitrogens with one attached hydrogen (secondary N) is 1. The monoisotopic (exact) mass is 239 g/mol. The van der Waals surface area contributed by atoms with Gasteiger partial charge in [0.25, 0.3) is 0 Å². The molecule has 96 valence electrons. The van der Waals surface area contributed by atoms with Crippen LogP contribution in [0.15, 0.2) is 24.3 Å². The fraction of sp³-hybridized carbons (Fsp3) is 0.571. The molecule has 0 spiro atoms. The maximum absolute atomic E-state index is 12.8. The molecule has 0 heterocycles. The van der Waals surface area contributed by atoms with Crippen LogP contribution in [0, 0.1) is 5.82 Å². The molecule has 0 amide bonds. The van der Waals surface area contributed by atoms with E-state index in [4.69, 9.17) is 4.74 Å². The van der Waals surface area contributed by atoms with Crippen LogP contribution in [0.4, 0.5) is 4.39 Å². The van der Waals surface area contributed by atoms with E-state index in [2.05, 4.69) is 12.2 Å². The second-order valence-corrected chi connectivity index (χ2v) is 4.39. The predicted molar refractivity (Wildman–Crippen MR) is 68.5 cm³/mol. The highest BCUT2D eigenvalue weighted by Crippen LogP contribution is 2.16. The Bertz CT molecular complexity index is 311. The molecule has 1 N–H and O–H groups in total. The van der Waals surface area contributed by atoms with E-state index in [-0.39, 0.29) is 18.0 Å². The van der Waals surface area contributed by atoms with Crippen LogP contribution in [0.5, 0.6) is 0 Å². The molecule has 0 radical (unpaired) electrons. The molecule has 1 rings (SSSR count). The molecule has 2 nitrogen and oxygen atoms in total. The van der Waals surface area contributed by atoms with Gasteiger partial charge in [0.05, 0.1) is 12.7 Å². The average Bonchev–Trinajstić information content (AvgIpc) is 2.30. The van der Waals surface area contributed by atoms with Crippen molar-refractivity contribution in [3.05, 3.63) is 35.6 Å². The summed E-state index contributed by atoms with van der Waals surface area (Å²) >= 11 is 0. The standard InChI is InChI=1S/C14H22FNO/c1-4-14(16-9-10-17-11(2)3)12-5-7-13(15)8-6-12/h5-8,11,14,16H,4,9-10H2,1-3H3. The molecule has 1 unspecified atom stereocenters. The van der Waals surface area contributed by atoms with Crippen LogP contribution in [0.2, 0.25) is 0 Å². The number of rotatable bonds is 7. The van der Waals surface area contributed by atoms with Gasteiger partial charge >= 0.3 is 0 Å².